The van der Waals surface area contributed by atoms with Crippen LogP contribution in [-0.4, -0.2) is 48.4 Å². The fourth-order valence-corrected chi connectivity index (χ4v) is 6.28. The Hall–Kier alpha value is -4.26. The van der Waals surface area contributed by atoms with Gasteiger partial charge >= 0.3 is 0 Å². The lowest BCUT2D eigenvalue weighted by Gasteiger charge is -2.24. The van der Waals surface area contributed by atoms with Gasteiger partial charge in [-0.15, -0.1) is 0 Å². The van der Waals surface area contributed by atoms with Crippen molar-refractivity contribution in [2.45, 2.75) is 18.4 Å². The van der Waals surface area contributed by atoms with Gasteiger partial charge in [-0.25, -0.2) is 13.8 Å². The average molecular weight is 717 g/mol. The maximum Gasteiger partial charge on any atom is 0.264 e. The third-order valence-corrected chi connectivity index (χ3v) is 9.13. The van der Waals surface area contributed by atoms with Crippen molar-refractivity contribution in [3.8, 4) is 23.0 Å². The highest BCUT2D eigenvalue weighted by Gasteiger charge is 2.28. The lowest BCUT2D eigenvalue weighted by atomic mass is 10.2. The number of aryl methyl sites for hydroxylation is 1. The van der Waals surface area contributed by atoms with E-state index < -0.39 is 22.5 Å². The van der Waals surface area contributed by atoms with Gasteiger partial charge in [-0.2, -0.15) is 5.10 Å². The zero-order chi connectivity index (χ0) is 32.6. The molecule has 0 aliphatic carbocycles. The van der Waals surface area contributed by atoms with E-state index in [0.29, 0.717) is 38.1 Å². The Kier molecular flexibility index (Phi) is 11.3. The summed E-state index contributed by atoms with van der Waals surface area (Å²) in [7, 11) is 0.267. The number of carbonyl (C=O) groups is 1. The van der Waals surface area contributed by atoms with E-state index in [4.69, 9.17) is 30.5 Å². The minimum atomic E-state index is -4.15. The Morgan fingerprint density at radius 2 is 1.58 bits per heavy atom. The predicted molar refractivity (Wildman–Crippen MR) is 177 cm³/mol. The second-order valence-electron chi connectivity index (χ2n) is 9.61. The summed E-state index contributed by atoms with van der Waals surface area (Å²) in [5.41, 5.74) is 5.01. The molecule has 236 valence electrons. The lowest BCUT2D eigenvalue weighted by Crippen LogP contribution is -2.39. The van der Waals surface area contributed by atoms with E-state index >= 15 is 0 Å². The number of rotatable bonds is 13. The highest BCUT2D eigenvalue weighted by atomic mass is 79.9. The second kappa shape index (κ2) is 15.2. The lowest BCUT2D eigenvalue weighted by molar-refractivity contribution is -0.119. The van der Waals surface area contributed by atoms with E-state index in [-0.39, 0.29) is 17.2 Å². The quantitative estimate of drug-likeness (QED) is 0.127. The minimum absolute atomic E-state index is 0.0227. The number of carbonyl (C=O) groups excluding carboxylic acids is 1. The third-order valence-electron chi connectivity index (χ3n) is 6.50. The van der Waals surface area contributed by atoms with E-state index in [1.165, 1.54) is 51.8 Å². The fourth-order valence-electron chi connectivity index (χ4n) is 4.17. The van der Waals surface area contributed by atoms with Crippen LogP contribution in [0.3, 0.4) is 0 Å². The largest absolute Gasteiger partial charge is 0.493 e. The number of anilines is 1. The average Bonchev–Trinajstić information content (AvgIpc) is 3.03. The summed E-state index contributed by atoms with van der Waals surface area (Å²) in [4.78, 5) is 13.1. The first-order valence-electron chi connectivity index (χ1n) is 13.4. The van der Waals surface area contributed by atoms with Crippen LogP contribution >= 0.6 is 27.5 Å². The fraction of sp³-hybridized carbons (Fsp3) is 0.188. The first-order valence-corrected chi connectivity index (χ1v) is 16.0. The van der Waals surface area contributed by atoms with Gasteiger partial charge < -0.3 is 18.9 Å². The van der Waals surface area contributed by atoms with Crippen LogP contribution in [0.15, 0.2) is 93.3 Å². The molecule has 1 amide bonds. The Bertz CT molecular complexity index is 1780. The van der Waals surface area contributed by atoms with E-state index in [2.05, 4.69) is 26.5 Å². The molecule has 0 bridgehead atoms. The van der Waals surface area contributed by atoms with Crippen LogP contribution in [0.2, 0.25) is 5.02 Å². The summed E-state index contributed by atoms with van der Waals surface area (Å²) in [5.74, 6) is 0.963. The first-order chi connectivity index (χ1) is 21.5. The molecule has 0 aliphatic heterocycles. The highest BCUT2D eigenvalue weighted by molar-refractivity contribution is 9.10. The van der Waals surface area contributed by atoms with Crippen LogP contribution in [0.1, 0.15) is 16.7 Å². The number of methoxy groups -OCH3 is 3. The number of hydrogen-bond acceptors (Lipinski definition) is 8. The molecule has 13 heteroatoms. The van der Waals surface area contributed by atoms with Crippen molar-refractivity contribution in [2.75, 3.05) is 32.2 Å². The number of hydrogen-bond donors (Lipinski definition) is 1. The highest BCUT2D eigenvalue weighted by Crippen LogP contribution is 2.37. The number of benzene rings is 4. The van der Waals surface area contributed by atoms with Gasteiger partial charge in [0.1, 0.15) is 13.2 Å². The molecule has 0 fully saturated rings. The molecule has 0 unspecified atom stereocenters. The standard InChI is InChI=1S/C32H31BrClN3O7S/c1-21-5-12-26(13-6-21)45(39,40)37(25-11-14-28(41-2)29(17-25)42-3)19-31(38)36-35-18-23-15-27(33)32(30(16-23)43-4)44-20-22-7-9-24(34)10-8-22/h5-18H,19-20H2,1-4H3,(H,36,38)/b35-18+. The maximum atomic E-state index is 13.7. The molecule has 4 aromatic carbocycles. The van der Waals surface area contributed by atoms with Crippen molar-refractivity contribution in [1.82, 2.24) is 5.43 Å². The summed E-state index contributed by atoms with van der Waals surface area (Å²) in [6.07, 6.45) is 1.41. The molecule has 4 aromatic rings. The van der Waals surface area contributed by atoms with Crippen LogP contribution in [0.4, 0.5) is 5.69 Å². The second-order valence-corrected chi connectivity index (χ2v) is 12.8. The number of halogens is 2. The molecule has 0 atom stereocenters. The summed E-state index contributed by atoms with van der Waals surface area (Å²) in [6.45, 7) is 1.58. The molecule has 0 aliphatic rings. The van der Waals surface area contributed by atoms with Crippen molar-refractivity contribution in [3.05, 3.63) is 105 Å². The number of hydrazone groups is 1. The van der Waals surface area contributed by atoms with Gasteiger partial charge in [0.25, 0.3) is 15.9 Å². The Balaban J connectivity index is 1.52. The van der Waals surface area contributed by atoms with Gasteiger partial charge in [0.15, 0.2) is 23.0 Å². The summed E-state index contributed by atoms with van der Waals surface area (Å²) in [5, 5.41) is 4.68. The Morgan fingerprint density at radius 3 is 2.22 bits per heavy atom. The van der Waals surface area contributed by atoms with Gasteiger partial charge in [0.05, 0.1) is 42.6 Å². The van der Waals surface area contributed by atoms with E-state index in [1.54, 1.807) is 42.5 Å². The SMILES string of the molecule is COc1ccc(N(CC(=O)N/N=C/c2cc(Br)c(OCc3ccc(Cl)cc3)c(OC)c2)S(=O)(=O)c2ccc(C)cc2)cc1OC. The third kappa shape index (κ3) is 8.47. The van der Waals surface area contributed by atoms with Crippen LogP contribution in [0.5, 0.6) is 23.0 Å². The molecule has 0 radical (unpaired) electrons. The van der Waals surface area contributed by atoms with Crippen LogP contribution in [0.25, 0.3) is 0 Å². The summed E-state index contributed by atoms with van der Waals surface area (Å²) in [6, 6.07) is 21.7. The molecular formula is C32H31BrClN3O7S. The normalized spacial score (nSPS) is 11.2. The van der Waals surface area contributed by atoms with Gasteiger partial charge in [-0.1, -0.05) is 41.4 Å². The summed E-state index contributed by atoms with van der Waals surface area (Å²) >= 11 is 9.47. The Morgan fingerprint density at radius 1 is 0.911 bits per heavy atom. The molecule has 45 heavy (non-hydrogen) atoms. The summed E-state index contributed by atoms with van der Waals surface area (Å²) < 4.78 is 51.2. The van der Waals surface area contributed by atoms with Gasteiger partial charge in [0.2, 0.25) is 0 Å². The van der Waals surface area contributed by atoms with Crippen molar-refractivity contribution in [3.63, 3.8) is 0 Å². The van der Waals surface area contributed by atoms with Crippen molar-refractivity contribution in [1.29, 1.82) is 0 Å². The van der Waals surface area contributed by atoms with E-state index in [0.717, 1.165) is 15.4 Å². The van der Waals surface area contributed by atoms with Gasteiger partial charge in [-0.05, 0) is 82.5 Å². The predicted octanol–water partition coefficient (Wildman–Crippen LogP) is 6.36. The van der Waals surface area contributed by atoms with Crippen molar-refractivity contribution < 1.29 is 32.2 Å². The van der Waals surface area contributed by atoms with E-state index in [9.17, 15) is 13.2 Å². The number of ether oxygens (including phenoxy) is 4. The first kappa shape index (κ1) is 33.6. The molecule has 4 rings (SSSR count). The Labute approximate surface area is 275 Å². The van der Waals surface area contributed by atoms with Crippen LogP contribution < -0.4 is 28.7 Å². The monoisotopic (exact) mass is 715 g/mol. The zero-order valence-corrected chi connectivity index (χ0v) is 28.1. The van der Waals surface area contributed by atoms with Gasteiger partial charge in [-0.3, -0.25) is 9.10 Å². The molecule has 1 N–H and O–H groups in total. The minimum Gasteiger partial charge on any atom is -0.493 e. The number of nitrogens with zero attached hydrogens (tertiary/aromatic N) is 2. The topological polar surface area (TPSA) is 116 Å². The van der Waals surface area contributed by atoms with Crippen LogP contribution in [0, 0.1) is 6.92 Å². The zero-order valence-electron chi connectivity index (χ0n) is 24.9. The van der Waals surface area contributed by atoms with Crippen molar-refractivity contribution >= 4 is 55.4 Å². The van der Waals surface area contributed by atoms with Crippen molar-refractivity contribution in [2.24, 2.45) is 5.10 Å². The number of sulfonamides is 1. The molecule has 0 spiro atoms. The molecule has 0 saturated carbocycles. The number of amides is 1. The molecular weight excluding hydrogens is 686 g/mol. The van der Waals surface area contributed by atoms with Gasteiger partial charge in [0, 0.05) is 11.1 Å². The molecule has 0 saturated heterocycles. The number of nitrogens with one attached hydrogen (secondary N) is 1. The van der Waals surface area contributed by atoms with E-state index in [1.807, 2.05) is 19.1 Å². The smallest absolute Gasteiger partial charge is 0.264 e. The molecule has 0 aromatic heterocycles. The maximum absolute atomic E-state index is 13.7. The van der Waals surface area contributed by atoms with Crippen LogP contribution in [-0.2, 0) is 21.4 Å². The molecule has 0 heterocycles. The molecule has 10 nitrogen and oxygen atoms in total.